The van der Waals surface area contributed by atoms with Crippen molar-refractivity contribution in [2.75, 3.05) is 31.8 Å². The summed E-state index contributed by atoms with van der Waals surface area (Å²) in [6.45, 7) is 1.17. The molecule has 0 aromatic rings. The van der Waals surface area contributed by atoms with E-state index < -0.39 is 27.8 Å². The van der Waals surface area contributed by atoms with E-state index in [1.807, 2.05) is 0 Å². The lowest BCUT2D eigenvalue weighted by Crippen LogP contribution is -2.28. The standard InChI is InChI=1S/C9H16O6S/c1-13-8(10)7-16(11,12)6-3-9-14-4-2-5-15-9/h9H,2-7H2,1H3. The maximum atomic E-state index is 11.4. The van der Waals surface area contributed by atoms with E-state index in [-0.39, 0.29) is 12.2 Å². The second-order valence-electron chi connectivity index (χ2n) is 3.48. The van der Waals surface area contributed by atoms with Gasteiger partial charge in [-0.25, -0.2) is 8.42 Å². The zero-order valence-corrected chi connectivity index (χ0v) is 9.99. The van der Waals surface area contributed by atoms with Crippen molar-refractivity contribution in [3.8, 4) is 0 Å². The lowest BCUT2D eigenvalue weighted by Gasteiger charge is -2.22. The fourth-order valence-corrected chi connectivity index (χ4v) is 2.46. The van der Waals surface area contributed by atoms with Gasteiger partial charge in [-0.2, -0.15) is 0 Å². The molecule has 0 unspecified atom stereocenters. The third-order valence-electron chi connectivity index (χ3n) is 2.13. The van der Waals surface area contributed by atoms with E-state index in [0.717, 1.165) is 13.5 Å². The molecule has 16 heavy (non-hydrogen) atoms. The molecule has 0 atom stereocenters. The maximum absolute atomic E-state index is 11.4. The van der Waals surface area contributed by atoms with Gasteiger partial charge in [0, 0.05) is 6.42 Å². The quantitative estimate of drug-likeness (QED) is 0.627. The molecule has 0 bridgehead atoms. The van der Waals surface area contributed by atoms with E-state index in [0.29, 0.717) is 13.2 Å². The lowest BCUT2D eigenvalue weighted by atomic mass is 10.4. The molecule has 1 rings (SSSR count). The minimum Gasteiger partial charge on any atom is -0.468 e. The molecule has 1 heterocycles. The molecule has 6 nitrogen and oxygen atoms in total. The molecule has 7 heteroatoms. The predicted octanol–water partition coefficient (Wildman–Crippen LogP) is -0.273. The van der Waals surface area contributed by atoms with Crippen LogP contribution in [0.25, 0.3) is 0 Å². The van der Waals surface area contributed by atoms with E-state index in [1.54, 1.807) is 0 Å². The van der Waals surface area contributed by atoms with Crippen LogP contribution in [0.2, 0.25) is 0 Å². The van der Waals surface area contributed by atoms with Crippen LogP contribution in [0, 0.1) is 0 Å². The Morgan fingerprint density at radius 2 is 2.00 bits per heavy atom. The Labute approximate surface area is 94.8 Å². The van der Waals surface area contributed by atoms with Crippen LogP contribution in [0.15, 0.2) is 0 Å². The minimum atomic E-state index is -3.43. The van der Waals surface area contributed by atoms with E-state index in [2.05, 4.69) is 4.74 Å². The molecule has 0 radical (unpaired) electrons. The van der Waals surface area contributed by atoms with Crippen LogP contribution in [-0.2, 0) is 28.8 Å². The molecular weight excluding hydrogens is 236 g/mol. The summed E-state index contributed by atoms with van der Waals surface area (Å²) in [5.74, 6) is -1.46. The predicted molar refractivity (Wildman–Crippen MR) is 55.6 cm³/mol. The summed E-state index contributed by atoms with van der Waals surface area (Å²) in [5.41, 5.74) is 0. The molecule has 0 amide bonds. The van der Waals surface area contributed by atoms with Crippen molar-refractivity contribution in [2.24, 2.45) is 0 Å². The molecule has 1 saturated heterocycles. The number of methoxy groups -OCH3 is 1. The van der Waals surface area contributed by atoms with E-state index in [4.69, 9.17) is 9.47 Å². The lowest BCUT2D eigenvalue weighted by molar-refractivity contribution is -0.178. The molecule has 94 valence electrons. The van der Waals surface area contributed by atoms with Gasteiger partial charge >= 0.3 is 5.97 Å². The van der Waals surface area contributed by atoms with Crippen molar-refractivity contribution < 1.29 is 27.4 Å². The number of hydrogen-bond donors (Lipinski definition) is 0. The third-order valence-corrected chi connectivity index (χ3v) is 3.66. The van der Waals surface area contributed by atoms with Crippen molar-refractivity contribution in [1.29, 1.82) is 0 Å². The van der Waals surface area contributed by atoms with Gasteiger partial charge in [-0.3, -0.25) is 4.79 Å². The average molecular weight is 252 g/mol. The van der Waals surface area contributed by atoms with Gasteiger partial charge in [0.1, 0.15) is 5.75 Å². The first-order valence-electron chi connectivity index (χ1n) is 5.04. The summed E-state index contributed by atoms with van der Waals surface area (Å²) >= 11 is 0. The van der Waals surface area contributed by atoms with E-state index in [1.165, 1.54) is 0 Å². The van der Waals surface area contributed by atoms with Crippen LogP contribution in [0.5, 0.6) is 0 Å². The Bertz CT molecular complexity index is 317. The Morgan fingerprint density at radius 1 is 1.38 bits per heavy atom. The summed E-state index contributed by atoms with van der Waals surface area (Å²) in [6.07, 6.45) is 0.603. The molecule has 0 N–H and O–H groups in total. The Hall–Kier alpha value is -0.660. The summed E-state index contributed by atoms with van der Waals surface area (Å²) in [6, 6.07) is 0. The first kappa shape index (κ1) is 13.4. The van der Waals surface area contributed by atoms with E-state index in [9.17, 15) is 13.2 Å². The summed E-state index contributed by atoms with van der Waals surface area (Å²) in [7, 11) is -2.27. The monoisotopic (exact) mass is 252 g/mol. The second kappa shape index (κ2) is 6.17. The number of esters is 1. The van der Waals surface area contributed by atoms with Crippen LogP contribution in [0.1, 0.15) is 12.8 Å². The number of carbonyl (C=O) groups excluding carboxylic acids is 1. The molecule has 1 aliphatic heterocycles. The molecule has 0 aliphatic carbocycles. The highest BCUT2D eigenvalue weighted by Crippen LogP contribution is 2.10. The van der Waals surface area contributed by atoms with Gasteiger partial charge < -0.3 is 14.2 Å². The first-order chi connectivity index (χ1) is 7.53. The van der Waals surface area contributed by atoms with Gasteiger partial charge in [-0.05, 0) is 6.42 Å². The fourth-order valence-electron chi connectivity index (χ4n) is 1.29. The van der Waals surface area contributed by atoms with Crippen LogP contribution in [0.4, 0.5) is 0 Å². The van der Waals surface area contributed by atoms with E-state index >= 15 is 0 Å². The van der Waals surface area contributed by atoms with Gasteiger partial charge in [0.05, 0.1) is 26.1 Å². The Morgan fingerprint density at radius 3 is 2.56 bits per heavy atom. The maximum Gasteiger partial charge on any atom is 0.320 e. The minimum absolute atomic E-state index is 0.132. The molecule has 0 spiro atoms. The van der Waals surface area contributed by atoms with Crippen molar-refractivity contribution in [3.63, 3.8) is 0 Å². The molecule has 0 saturated carbocycles. The van der Waals surface area contributed by atoms with Crippen LogP contribution < -0.4 is 0 Å². The van der Waals surface area contributed by atoms with Gasteiger partial charge in [-0.15, -0.1) is 0 Å². The number of sulfone groups is 1. The van der Waals surface area contributed by atoms with Gasteiger partial charge in [0.2, 0.25) is 0 Å². The highest BCUT2D eigenvalue weighted by atomic mass is 32.2. The Kier molecular flexibility index (Phi) is 5.17. The third kappa shape index (κ3) is 4.91. The van der Waals surface area contributed by atoms with Crippen molar-refractivity contribution in [1.82, 2.24) is 0 Å². The van der Waals surface area contributed by atoms with Crippen LogP contribution in [-0.4, -0.2) is 52.5 Å². The van der Waals surface area contributed by atoms with Crippen molar-refractivity contribution in [2.45, 2.75) is 19.1 Å². The average Bonchev–Trinajstić information content (AvgIpc) is 2.27. The Balaban J connectivity index is 2.32. The SMILES string of the molecule is COC(=O)CS(=O)(=O)CCC1OCCCO1. The van der Waals surface area contributed by atoms with Gasteiger partial charge in [0.25, 0.3) is 0 Å². The molecule has 1 aliphatic rings. The van der Waals surface area contributed by atoms with Gasteiger partial charge in [0.15, 0.2) is 16.1 Å². The molecule has 0 aromatic carbocycles. The van der Waals surface area contributed by atoms with Crippen LogP contribution in [0.3, 0.4) is 0 Å². The molecule has 1 fully saturated rings. The second-order valence-corrected chi connectivity index (χ2v) is 5.67. The molecule has 0 aromatic heterocycles. The smallest absolute Gasteiger partial charge is 0.320 e. The van der Waals surface area contributed by atoms with Crippen LogP contribution >= 0.6 is 0 Å². The normalized spacial score (nSPS) is 18.3. The summed E-state index contributed by atoms with van der Waals surface area (Å²) < 4.78 is 37.6. The zero-order valence-electron chi connectivity index (χ0n) is 9.18. The first-order valence-corrected chi connectivity index (χ1v) is 6.86. The van der Waals surface area contributed by atoms with Crippen molar-refractivity contribution in [3.05, 3.63) is 0 Å². The zero-order chi connectivity index (χ0) is 12.0. The summed E-state index contributed by atoms with van der Waals surface area (Å²) in [4.78, 5) is 10.8. The highest BCUT2D eigenvalue weighted by Gasteiger charge is 2.21. The topological polar surface area (TPSA) is 78.9 Å². The fraction of sp³-hybridized carbons (Fsp3) is 0.889. The highest BCUT2D eigenvalue weighted by molar-refractivity contribution is 7.92. The number of carbonyl (C=O) groups is 1. The van der Waals surface area contributed by atoms with Gasteiger partial charge in [-0.1, -0.05) is 0 Å². The van der Waals surface area contributed by atoms with Crippen molar-refractivity contribution >= 4 is 15.8 Å². The largest absolute Gasteiger partial charge is 0.468 e. The number of ether oxygens (including phenoxy) is 3. The summed E-state index contributed by atoms with van der Waals surface area (Å²) in [5, 5.41) is 0. The molecular formula is C9H16O6S. The number of hydrogen-bond acceptors (Lipinski definition) is 6. The number of rotatable bonds is 5.